The van der Waals surface area contributed by atoms with Crippen molar-refractivity contribution in [3.8, 4) is 0 Å². The Hall–Kier alpha value is -1.47. The molecule has 2 aliphatic rings. The van der Waals surface area contributed by atoms with Crippen LogP contribution in [0.4, 0.5) is 0 Å². The smallest absolute Gasteiger partial charge is 0.332 e. The first kappa shape index (κ1) is 17.4. The lowest BCUT2D eigenvalue weighted by Crippen LogP contribution is -2.44. The molecule has 1 aromatic rings. The number of rotatable bonds is 4. The van der Waals surface area contributed by atoms with E-state index in [0.717, 1.165) is 30.1 Å². The summed E-state index contributed by atoms with van der Waals surface area (Å²) in [7, 11) is 0. The fourth-order valence-corrected chi connectivity index (χ4v) is 4.45. The fourth-order valence-electron chi connectivity index (χ4n) is 3.34. The van der Waals surface area contributed by atoms with Gasteiger partial charge in [-0.05, 0) is 31.6 Å². The van der Waals surface area contributed by atoms with Crippen LogP contribution in [-0.4, -0.2) is 52.2 Å². The first-order valence-electron chi connectivity index (χ1n) is 8.58. The second-order valence-corrected chi connectivity index (χ2v) is 7.81. The van der Waals surface area contributed by atoms with Gasteiger partial charge in [0.25, 0.3) is 5.91 Å². The van der Waals surface area contributed by atoms with Crippen LogP contribution < -0.4 is 0 Å². The van der Waals surface area contributed by atoms with E-state index in [0.29, 0.717) is 25.3 Å². The summed E-state index contributed by atoms with van der Waals surface area (Å²) >= 11 is 1.68. The number of carboxylic acids is 1. The van der Waals surface area contributed by atoms with Gasteiger partial charge in [-0.15, -0.1) is 11.3 Å². The standard InChI is InChI=1S/C17H24N2O4S/c1-10(2)12-9-24-15(18-12)11-4-3-7-19(8-11)16(20)13-5-6-14(23-13)17(21)22/h9-11,13-14H,3-8H2,1-2H3,(H,21,22)/t11?,13-,14+/m0/s1. The van der Waals surface area contributed by atoms with E-state index in [2.05, 4.69) is 19.2 Å². The zero-order valence-corrected chi connectivity index (χ0v) is 14.9. The molecule has 7 heteroatoms. The zero-order valence-electron chi connectivity index (χ0n) is 14.1. The predicted molar refractivity (Wildman–Crippen MR) is 90.3 cm³/mol. The van der Waals surface area contributed by atoms with E-state index < -0.39 is 18.2 Å². The molecule has 0 radical (unpaired) electrons. The highest BCUT2D eigenvalue weighted by Gasteiger charge is 2.38. The zero-order chi connectivity index (χ0) is 17.3. The Morgan fingerprint density at radius 3 is 2.71 bits per heavy atom. The summed E-state index contributed by atoms with van der Waals surface area (Å²) in [6.45, 7) is 5.63. The molecular weight excluding hydrogens is 328 g/mol. The quantitative estimate of drug-likeness (QED) is 0.901. The van der Waals surface area contributed by atoms with Gasteiger partial charge in [-0.1, -0.05) is 13.8 Å². The van der Waals surface area contributed by atoms with Gasteiger partial charge in [0.2, 0.25) is 0 Å². The molecular formula is C17H24N2O4S. The number of thiazole rings is 1. The molecule has 2 aliphatic heterocycles. The van der Waals surface area contributed by atoms with Crippen molar-refractivity contribution >= 4 is 23.2 Å². The molecule has 3 atom stereocenters. The summed E-state index contributed by atoms with van der Waals surface area (Å²) < 4.78 is 5.41. The Bertz CT molecular complexity index is 615. The van der Waals surface area contributed by atoms with E-state index in [-0.39, 0.29) is 11.8 Å². The maximum absolute atomic E-state index is 12.6. The molecule has 6 nitrogen and oxygen atoms in total. The number of hydrogen-bond acceptors (Lipinski definition) is 5. The Labute approximate surface area is 145 Å². The minimum atomic E-state index is -0.981. The van der Waals surface area contributed by atoms with Crippen molar-refractivity contribution in [1.29, 1.82) is 0 Å². The first-order valence-corrected chi connectivity index (χ1v) is 9.46. The van der Waals surface area contributed by atoms with E-state index in [1.54, 1.807) is 11.3 Å². The number of piperidine rings is 1. The largest absolute Gasteiger partial charge is 0.479 e. The topological polar surface area (TPSA) is 79.7 Å². The molecule has 3 rings (SSSR count). The Kier molecular flexibility index (Phi) is 5.20. The van der Waals surface area contributed by atoms with Crippen molar-refractivity contribution < 1.29 is 19.4 Å². The highest BCUT2D eigenvalue weighted by atomic mass is 32.1. The second-order valence-electron chi connectivity index (χ2n) is 6.92. The monoisotopic (exact) mass is 352 g/mol. The summed E-state index contributed by atoms with van der Waals surface area (Å²) in [5.41, 5.74) is 1.11. The third-order valence-corrected chi connectivity index (χ3v) is 5.81. The molecule has 1 amide bonds. The number of aromatic nitrogens is 1. The summed E-state index contributed by atoms with van der Waals surface area (Å²) in [5, 5.41) is 12.2. The number of aliphatic carboxylic acids is 1. The average molecular weight is 352 g/mol. The summed E-state index contributed by atoms with van der Waals surface area (Å²) in [6, 6.07) is 0. The van der Waals surface area contributed by atoms with Gasteiger partial charge in [-0.25, -0.2) is 9.78 Å². The van der Waals surface area contributed by atoms with Gasteiger partial charge in [-0.2, -0.15) is 0 Å². The van der Waals surface area contributed by atoms with Crippen LogP contribution in [0, 0.1) is 0 Å². The van der Waals surface area contributed by atoms with Crippen LogP contribution in [0.2, 0.25) is 0 Å². The molecule has 0 spiro atoms. The lowest BCUT2D eigenvalue weighted by atomic mass is 9.98. The molecule has 1 aromatic heterocycles. The summed E-state index contributed by atoms with van der Waals surface area (Å²) in [6.07, 6.45) is 1.44. The van der Waals surface area contributed by atoms with Crippen molar-refractivity contribution in [1.82, 2.24) is 9.88 Å². The van der Waals surface area contributed by atoms with Gasteiger partial charge in [-0.3, -0.25) is 4.79 Å². The normalized spacial score (nSPS) is 27.6. The van der Waals surface area contributed by atoms with Gasteiger partial charge in [0.1, 0.15) is 6.10 Å². The third kappa shape index (κ3) is 3.62. The molecule has 0 aliphatic carbocycles. The number of hydrogen-bond donors (Lipinski definition) is 1. The van der Waals surface area contributed by atoms with Crippen LogP contribution in [0.25, 0.3) is 0 Å². The van der Waals surface area contributed by atoms with Crippen molar-refractivity contribution in [2.24, 2.45) is 0 Å². The number of likely N-dealkylation sites (tertiary alicyclic amines) is 1. The van der Waals surface area contributed by atoms with Gasteiger partial charge in [0, 0.05) is 24.4 Å². The van der Waals surface area contributed by atoms with Crippen molar-refractivity contribution in [2.45, 2.75) is 63.6 Å². The van der Waals surface area contributed by atoms with Crippen LogP contribution >= 0.6 is 11.3 Å². The molecule has 24 heavy (non-hydrogen) atoms. The average Bonchev–Trinajstić information content (AvgIpc) is 3.24. The third-order valence-electron chi connectivity index (χ3n) is 4.78. The van der Waals surface area contributed by atoms with Crippen LogP contribution in [0.15, 0.2) is 5.38 Å². The molecule has 132 valence electrons. The molecule has 1 N–H and O–H groups in total. The number of carboxylic acid groups (broad SMARTS) is 1. The highest BCUT2D eigenvalue weighted by molar-refractivity contribution is 7.09. The van der Waals surface area contributed by atoms with E-state index >= 15 is 0 Å². The van der Waals surface area contributed by atoms with E-state index in [9.17, 15) is 9.59 Å². The lowest BCUT2D eigenvalue weighted by molar-refractivity contribution is -0.155. The molecule has 3 heterocycles. The summed E-state index contributed by atoms with van der Waals surface area (Å²) in [4.78, 5) is 30.2. The molecule has 2 fully saturated rings. The SMILES string of the molecule is CC(C)c1csc(C2CCCN(C(=O)[C@@H]3CC[C@H](C(=O)O)O3)C2)n1. The summed E-state index contributed by atoms with van der Waals surface area (Å²) in [5.74, 6) is -0.358. The first-order chi connectivity index (χ1) is 11.5. The predicted octanol–water partition coefficient (Wildman–Crippen LogP) is 2.60. The van der Waals surface area contributed by atoms with Crippen molar-refractivity contribution in [3.63, 3.8) is 0 Å². The number of nitrogens with zero attached hydrogens (tertiary/aromatic N) is 2. The Morgan fingerprint density at radius 2 is 2.08 bits per heavy atom. The van der Waals surface area contributed by atoms with E-state index in [4.69, 9.17) is 14.8 Å². The molecule has 0 bridgehead atoms. The van der Waals surface area contributed by atoms with E-state index in [1.165, 1.54) is 0 Å². The van der Waals surface area contributed by atoms with Crippen LogP contribution in [0.5, 0.6) is 0 Å². The minimum Gasteiger partial charge on any atom is -0.479 e. The van der Waals surface area contributed by atoms with Crippen LogP contribution in [-0.2, 0) is 14.3 Å². The number of ether oxygens (including phenoxy) is 1. The highest BCUT2D eigenvalue weighted by Crippen LogP contribution is 2.32. The number of carbonyl (C=O) groups excluding carboxylic acids is 1. The second kappa shape index (κ2) is 7.19. The van der Waals surface area contributed by atoms with Crippen molar-refractivity contribution in [3.05, 3.63) is 16.1 Å². The number of carbonyl (C=O) groups is 2. The molecule has 0 saturated carbocycles. The van der Waals surface area contributed by atoms with Gasteiger partial charge >= 0.3 is 5.97 Å². The van der Waals surface area contributed by atoms with Gasteiger partial charge < -0.3 is 14.7 Å². The molecule has 2 saturated heterocycles. The van der Waals surface area contributed by atoms with E-state index in [1.807, 2.05) is 4.90 Å². The maximum atomic E-state index is 12.6. The van der Waals surface area contributed by atoms with Gasteiger partial charge in [0.05, 0.1) is 10.7 Å². The Balaban J connectivity index is 1.62. The van der Waals surface area contributed by atoms with Crippen molar-refractivity contribution in [2.75, 3.05) is 13.1 Å². The molecule has 0 aromatic carbocycles. The van der Waals surface area contributed by atoms with Crippen LogP contribution in [0.3, 0.4) is 0 Å². The Morgan fingerprint density at radius 1 is 1.33 bits per heavy atom. The fraction of sp³-hybridized carbons (Fsp3) is 0.706. The number of amides is 1. The lowest BCUT2D eigenvalue weighted by Gasteiger charge is -2.33. The minimum absolute atomic E-state index is 0.0657. The van der Waals surface area contributed by atoms with Crippen LogP contribution in [0.1, 0.15) is 62.1 Å². The molecule has 1 unspecified atom stereocenters. The van der Waals surface area contributed by atoms with Gasteiger partial charge in [0.15, 0.2) is 6.10 Å². The maximum Gasteiger partial charge on any atom is 0.332 e.